The van der Waals surface area contributed by atoms with Crippen molar-refractivity contribution in [2.75, 3.05) is 19.8 Å². The Bertz CT molecular complexity index is 538. The van der Waals surface area contributed by atoms with Gasteiger partial charge < -0.3 is 19.9 Å². The van der Waals surface area contributed by atoms with Crippen LogP contribution in [-0.4, -0.2) is 37.8 Å². The van der Waals surface area contributed by atoms with Gasteiger partial charge in [-0.1, -0.05) is 13.5 Å². The van der Waals surface area contributed by atoms with E-state index >= 15 is 0 Å². The molecule has 2 N–H and O–H groups in total. The fourth-order valence-electron chi connectivity index (χ4n) is 1.62. The molecule has 0 bridgehead atoms. The van der Waals surface area contributed by atoms with Crippen LogP contribution in [0.5, 0.6) is 5.75 Å². The van der Waals surface area contributed by atoms with Crippen LogP contribution in [0.1, 0.15) is 30.6 Å². The molecule has 0 spiro atoms. The lowest BCUT2D eigenvalue weighted by Gasteiger charge is -2.17. The lowest BCUT2D eigenvalue weighted by molar-refractivity contribution is -0.141. The second-order valence-electron chi connectivity index (χ2n) is 4.98. The Morgan fingerprint density at radius 1 is 1.22 bits per heavy atom. The quantitative estimate of drug-likeness (QED) is 0.553. The van der Waals surface area contributed by atoms with Crippen molar-refractivity contribution in [1.82, 2.24) is 0 Å². The summed E-state index contributed by atoms with van der Waals surface area (Å²) in [6.07, 6.45) is 0.400. The molecule has 0 amide bonds. The monoisotopic (exact) mass is 321 g/mol. The second-order valence-corrected chi connectivity index (χ2v) is 4.98. The molecule has 0 aromatic heterocycles. The molecule has 0 aliphatic carbocycles. The Balaban J connectivity index is 2.56. The number of carbonyl (C=O) groups is 2. The van der Waals surface area contributed by atoms with Crippen LogP contribution in [0.15, 0.2) is 36.4 Å². The summed E-state index contributed by atoms with van der Waals surface area (Å²) in [4.78, 5) is 23.0. The van der Waals surface area contributed by atoms with E-state index in [2.05, 4.69) is 6.58 Å². The van der Waals surface area contributed by atoms with Crippen LogP contribution < -0.4 is 10.5 Å². The van der Waals surface area contributed by atoms with Crippen LogP contribution >= 0.6 is 0 Å². The number of carbonyl (C=O) groups excluding carboxylic acids is 2. The Morgan fingerprint density at radius 2 is 1.87 bits per heavy atom. The molecule has 0 aliphatic heterocycles. The van der Waals surface area contributed by atoms with E-state index < -0.39 is 11.9 Å². The molecule has 0 saturated heterocycles. The molecule has 6 heteroatoms. The predicted molar refractivity (Wildman–Crippen MR) is 86.3 cm³/mol. The lowest BCUT2D eigenvalue weighted by Crippen LogP contribution is -2.24. The van der Waals surface area contributed by atoms with Crippen LogP contribution in [-0.2, 0) is 14.3 Å². The van der Waals surface area contributed by atoms with Crippen molar-refractivity contribution < 1.29 is 23.8 Å². The second kappa shape index (κ2) is 9.63. The number of hydrogen-bond acceptors (Lipinski definition) is 6. The Hall–Kier alpha value is -2.34. The molecule has 1 unspecified atom stereocenters. The minimum absolute atomic E-state index is 0.141. The van der Waals surface area contributed by atoms with Gasteiger partial charge in [0.2, 0.25) is 0 Å². The average molecular weight is 321 g/mol. The van der Waals surface area contributed by atoms with Gasteiger partial charge in [0.25, 0.3) is 0 Å². The van der Waals surface area contributed by atoms with E-state index in [4.69, 9.17) is 19.9 Å². The molecule has 0 saturated carbocycles. The highest BCUT2D eigenvalue weighted by Gasteiger charge is 2.13. The maximum Gasteiger partial charge on any atom is 0.338 e. The molecule has 1 aromatic rings. The van der Waals surface area contributed by atoms with E-state index in [1.807, 2.05) is 6.92 Å². The van der Waals surface area contributed by atoms with Crippen LogP contribution in [0, 0.1) is 0 Å². The highest BCUT2D eigenvalue weighted by molar-refractivity contribution is 5.89. The number of hydrogen-bond donors (Lipinski definition) is 1. The third kappa shape index (κ3) is 6.52. The van der Waals surface area contributed by atoms with Crippen LogP contribution in [0.4, 0.5) is 0 Å². The van der Waals surface area contributed by atoms with Gasteiger partial charge in [0, 0.05) is 12.1 Å². The summed E-state index contributed by atoms with van der Waals surface area (Å²) in [5.41, 5.74) is 6.05. The molecular formula is C17H23NO5. The Morgan fingerprint density at radius 3 is 2.39 bits per heavy atom. The highest BCUT2D eigenvalue weighted by atomic mass is 16.6. The van der Waals surface area contributed by atoms with E-state index in [9.17, 15) is 9.59 Å². The van der Waals surface area contributed by atoms with E-state index in [1.54, 1.807) is 31.2 Å². The fraction of sp³-hybridized carbons (Fsp3) is 0.412. The number of nitrogens with two attached hydrogens (primary N) is 1. The maximum atomic E-state index is 11.7. The summed E-state index contributed by atoms with van der Waals surface area (Å²) < 4.78 is 15.8. The summed E-state index contributed by atoms with van der Waals surface area (Å²) in [5, 5.41) is 0. The van der Waals surface area contributed by atoms with Gasteiger partial charge in [-0.15, -0.1) is 0 Å². The van der Waals surface area contributed by atoms with Gasteiger partial charge in [-0.25, -0.2) is 9.59 Å². The summed E-state index contributed by atoms with van der Waals surface area (Å²) >= 11 is 0. The van der Waals surface area contributed by atoms with E-state index in [-0.39, 0.29) is 25.9 Å². The minimum atomic E-state index is -0.440. The molecule has 1 atom stereocenters. The van der Waals surface area contributed by atoms with Crippen molar-refractivity contribution in [1.29, 1.82) is 0 Å². The first-order chi connectivity index (χ1) is 11.0. The average Bonchev–Trinajstić information content (AvgIpc) is 2.56. The van der Waals surface area contributed by atoms with Gasteiger partial charge in [-0.2, -0.15) is 0 Å². The first kappa shape index (κ1) is 18.7. The van der Waals surface area contributed by atoms with E-state index in [0.29, 0.717) is 23.3 Å². The largest absolute Gasteiger partial charge is 0.487 e. The standard InChI is InChI=1S/C17H23NO5/c1-4-14(11-22-16(19)12(2)3)23-15-7-5-13(6-8-15)17(20)21-10-9-18/h5-8,14H,2,4,9-11,18H2,1,3H3. The van der Waals surface area contributed by atoms with Gasteiger partial charge in [0.15, 0.2) is 0 Å². The topological polar surface area (TPSA) is 87.8 Å². The van der Waals surface area contributed by atoms with Crippen LogP contribution in [0.2, 0.25) is 0 Å². The Labute approximate surface area is 136 Å². The highest BCUT2D eigenvalue weighted by Crippen LogP contribution is 2.16. The normalized spacial score (nSPS) is 11.4. The zero-order chi connectivity index (χ0) is 17.2. The van der Waals surface area contributed by atoms with Gasteiger partial charge in [0.1, 0.15) is 25.1 Å². The summed E-state index contributed by atoms with van der Waals surface area (Å²) in [5.74, 6) is -0.284. The summed E-state index contributed by atoms with van der Waals surface area (Å²) in [6.45, 7) is 7.65. The van der Waals surface area contributed by atoms with Crippen molar-refractivity contribution in [2.45, 2.75) is 26.4 Å². The van der Waals surface area contributed by atoms with Gasteiger partial charge in [-0.3, -0.25) is 0 Å². The smallest absolute Gasteiger partial charge is 0.338 e. The molecule has 126 valence electrons. The molecule has 23 heavy (non-hydrogen) atoms. The van der Waals surface area contributed by atoms with E-state index in [0.717, 1.165) is 0 Å². The summed E-state index contributed by atoms with van der Waals surface area (Å²) in [7, 11) is 0. The first-order valence-corrected chi connectivity index (χ1v) is 7.44. The minimum Gasteiger partial charge on any atom is -0.487 e. The predicted octanol–water partition coefficient (Wildman–Crippen LogP) is 2.08. The van der Waals surface area contributed by atoms with Crippen LogP contribution in [0.25, 0.3) is 0 Å². The third-order valence-corrected chi connectivity index (χ3v) is 2.95. The number of ether oxygens (including phenoxy) is 3. The van der Waals surface area contributed by atoms with E-state index in [1.165, 1.54) is 0 Å². The number of esters is 2. The van der Waals surface area contributed by atoms with Crippen molar-refractivity contribution >= 4 is 11.9 Å². The lowest BCUT2D eigenvalue weighted by atomic mass is 10.2. The van der Waals surface area contributed by atoms with Gasteiger partial charge >= 0.3 is 11.9 Å². The van der Waals surface area contributed by atoms with Gasteiger partial charge in [-0.05, 0) is 37.6 Å². The molecule has 0 radical (unpaired) electrons. The van der Waals surface area contributed by atoms with Crippen molar-refractivity contribution in [2.24, 2.45) is 5.73 Å². The van der Waals surface area contributed by atoms with Crippen LogP contribution in [0.3, 0.4) is 0 Å². The Kier molecular flexibility index (Phi) is 7.83. The molecule has 0 fully saturated rings. The van der Waals surface area contributed by atoms with Crippen molar-refractivity contribution in [3.05, 3.63) is 42.0 Å². The number of benzene rings is 1. The zero-order valence-corrected chi connectivity index (χ0v) is 13.5. The molecule has 6 nitrogen and oxygen atoms in total. The SMILES string of the molecule is C=C(C)C(=O)OCC(CC)Oc1ccc(C(=O)OCCN)cc1. The van der Waals surface area contributed by atoms with Gasteiger partial charge in [0.05, 0.1) is 5.56 Å². The third-order valence-electron chi connectivity index (χ3n) is 2.95. The first-order valence-electron chi connectivity index (χ1n) is 7.44. The fourth-order valence-corrected chi connectivity index (χ4v) is 1.62. The zero-order valence-electron chi connectivity index (χ0n) is 13.5. The maximum absolute atomic E-state index is 11.7. The molecule has 1 aromatic carbocycles. The number of rotatable bonds is 9. The molecule has 0 heterocycles. The summed E-state index contributed by atoms with van der Waals surface area (Å²) in [6, 6.07) is 6.56. The molecular weight excluding hydrogens is 298 g/mol. The molecule has 0 aliphatic rings. The molecule has 1 rings (SSSR count). The van der Waals surface area contributed by atoms with Crippen molar-refractivity contribution in [3.8, 4) is 5.75 Å². The van der Waals surface area contributed by atoms with Crippen molar-refractivity contribution in [3.63, 3.8) is 0 Å².